The van der Waals surface area contributed by atoms with E-state index in [1.165, 1.54) is 22.5 Å². The van der Waals surface area contributed by atoms with Crippen LogP contribution in [0.25, 0.3) is 0 Å². The summed E-state index contributed by atoms with van der Waals surface area (Å²) in [6.07, 6.45) is 0. The first-order valence-corrected chi connectivity index (χ1v) is 10.1. The minimum Gasteiger partial charge on any atom is -0.382 e. The molecule has 0 radical (unpaired) electrons. The highest BCUT2D eigenvalue weighted by atomic mass is 32.2. The number of nitrogens with one attached hydrogen (secondary N) is 1. The van der Waals surface area contributed by atoms with Crippen LogP contribution in [0.4, 0.5) is 11.5 Å². The topological polar surface area (TPSA) is 68.0 Å². The van der Waals surface area contributed by atoms with Crippen LogP contribution >= 0.6 is 23.1 Å². The monoisotopic (exact) mass is 383 g/mol. The Bertz CT molecular complexity index is 912. The number of para-hydroxylation sites is 1. The lowest BCUT2D eigenvalue weighted by Gasteiger charge is -2.10. The van der Waals surface area contributed by atoms with Crippen LogP contribution in [0.3, 0.4) is 0 Å². The molecule has 3 rings (SSSR count). The number of nitrogens with zero attached hydrogens (tertiary/aromatic N) is 1. The number of carbonyl (C=O) groups excluding carboxylic acids is 1. The number of aromatic nitrogens is 1. The number of thioether (sulfide) groups is 1. The van der Waals surface area contributed by atoms with E-state index in [4.69, 9.17) is 5.73 Å². The van der Waals surface area contributed by atoms with Crippen LogP contribution in [0.15, 0.2) is 46.8 Å². The van der Waals surface area contributed by atoms with Crippen molar-refractivity contribution >= 4 is 40.5 Å². The van der Waals surface area contributed by atoms with Crippen molar-refractivity contribution in [3.8, 4) is 0 Å². The molecule has 0 aliphatic rings. The Morgan fingerprint density at radius 2 is 1.77 bits per heavy atom. The molecule has 3 N–H and O–H groups in total. The summed E-state index contributed by atoms with van der Waals surface area (Å²) in [6.45, 7) is 6.02. The summed E-state index contributed by atoms with van der Waals surface area (Å²) >= 11 is 2.93. The van der Waals surface area contributed by atoms with Crippen LogP contribution in [0, 0.1) is 20.8 Å². The van der Waals surface area contributed by atoms with Crippen LogP contribution in [0.5, 0.6) is 0 Å². The van der Waals surface area contributed by atoms with Crippen LogP contribution in [-0.2, 0) is 5.75 Å². The Kier molecular flexibility index (Phi) is 5.64. The quantitative estimate of drug-likeness (QED) is 0.595. The van der Waals surface area contributed by atoms with Crippen molar-refractivity contribution in [1.82, 2.24) is 4.98 Å². The van der Waals surface area contributed by atoms with E-state index >= 15 is 0 Å². The predicted octanol–water partition coefficient (Wildman–Crippen LogP) is 5.20. The van der Waals surface area contributed by atoms with Gasteiger partial charge in [-0.1, -0.05) is 59.8 Å². The molecule has 0 saturated heterocycles. The normalized spacial score (nSPS) is 10.7. The molecule has 3 aromatic rings. The van der Waals surface area contributed by atoms with E-state index in [1.54, 1.807) is 11.8 Å². The van der Waals surface area contributed by atoms with Gasteiger partial charge in [0.15, 0.2) is 4.34 Å². The molecular formula is C20H21N3OS2. The maximum Gasteiger partial charge on any atom is 0.269 e. The number of benzene rings is 2. The van der Waals surface area contributed by atoms with Gasteiger partial charge in [-0.2, -0.15) is 0 Å². The Labute approximate surface area is 161 Å². The Hall–Kier alpha value is -2.31. The first kappa shape index (κ1) is 18.5. The molecule has 6 heteroatoms. The summed E-state index contributed by atoms with van der Waals surface area (Å²) in [6, 6.07) is 14.3. The largest absolute Gasteiger partial charge is 0.382 e. The zero-order valence-corrected chi connectivity index (χ0v) is 16.6. The minimum absolute atomic E-state index is 0.209. The molecule has 4 nitrogen and oxygen atoms in total. The number of hydrogen-bond donors (Lipinski definition) is 2. The number of nitrogen functional groups attached to an aromatic ring is 1. The average molecular weight is 384 g/mol. The fourth-order valence-corrected chi connectivity index (χ4v) is 4.47. The van der Waals surface area contributed by atoms with E-state index in [-0.39, 0.29) is 11.7 Å². The molecule has 26 heavy (non-hydrogen) atoms. The third-order valence-electron chi connectivity index (χ3n) is 4.04. The van der Waals surface area contributed by atoms with Gasteiger partial charge in [-0.25, -0.2) is 4.98 Å². The van der Waals surface area contributed by atoms with Crippen molar-refractivity contribution in [3.63, 3.8) is 0 Å². The number of amides is 1. The molecule has 0 fully saturated rings. The second-order valence-electron chi connectivity index (χ2n) is 6.19. The highest BCUT2D eigenvalue weighted by molar-refractivity contribution is 8.00. The zero-order chi connectivity index (χ0) is 18.7. The molecule has 1 heterocycles. The summed E-state index contributed by atoms with van der Waals surface area (Å²) in [7, 11) is 0. The Balaban J connectivity index is 1.71. The third-order valence-corrected chi connectivity index (χ3v) is 6.33. The van der Waals surface area contributed by atoms with Crippen LogP contribution in [0.1, 0.15) is 31.9 Å². The number of anilines is 2. The van der Waals surface area contributed by atoms with Crippen molar-refractivity contribution in [2.75, 3.05) is 11.1 Å². The SMILES string of the molecule is Cc1ccc(CSc2nc(N)c(C(=O)Nc3c(C)cccc3C)s2)cc1. The Morgan fingerprint density at radius 1 is 1.12 bits per heavy atom. The van der Waals surface area contributed by atoms with Crippen molar-refractivity contribution in [2.24, 2.45) is 0 Å². The second-order valence-corrected chi connectivity index (χ2v) is 8.41. The standard InChI is InChI=1S/C20H21N3OS2/c1-12-7-9-15(10-8-12)11-25-20-23-18(21)17(26-20)19(24)22-16-13(2)5-4-6-14(16)3/h4-10H,11,21H2,1-3H3,(H,22,24). The number of carbonyl (C=O) groups is 1. The average Bonchev–Trinajstić information content (AvgIpc) is 2.98. The number of nitrogens with two attached hydrogens (primary N) is 1. The second kappa shape index (κ2) is 7.93. The van der Waals surface area contributed by atoms with E-state index < -0.39 is 0 Å². The third kappa shape index (κ3) is 4.26. The summed E-state index contributed by atoms with van der Waals surface area (Å²) in [5, 5.41) is 2.97. The van der Waals surface area contributed by atoms with Gasteiger partial charge in [-0.15, -0.1) is 11.3 Å². The fourth-order valence-electron chi connectivity index (χ4n) is 2.55. The zero-order valence-electron chi connectivity index (χ0n) is 15.0. The lowest BCUT2D eigenvalue weighted by atomic mass is 10.1. The molecule has 0 spiro atoms. The minimum atomic E-state index is -0.209. The van der Waals surface area contributed by atoms with Gasteiger partial charge >= 0.3 is 0 Å². The van der Waals surface area contributed by atoms with Gasteiger partial charge in [0.05, 0.1) is 0 Å². The Morgan fingerprint density at radius 3 is 2.42 bits per heavy atom. The molecule has 0 aliphatic carbocycles. The molecule has 0 bridgehead atoms. The van der Waals surface area contributed by atoms with Gasteiger partial charge in [0.2, 0.25) is 0 Å². The van der Waals surface area contributed by atoms with E-state index in [2.05, 4.69) is 41.5 Å². The molecule has 2 aromatic carbocycles. The van der Waals surface area contributed by atoms with Crippen molar-refractivity contribution < 1.29 is 4.79 Å². The van der Waals surface area contributed by atoms with Gasteiger partial charge in [-0.3, -0.25) is 4.79 Å². The first-order chi connectivity index (χ1) is 12.4. The first-order valence-electron chi connectivity index (χ1n) is 8.26. The van der Waals surface area contributed by atoms with Gasteiger partial charge in [0, 0.05) is 11.4 Å². The molecule has 0 atom stereocenters. The summed E-state index contributed by atoms with van der Waals surface area (Å²) in [5.74, 6) is 0.871. The summed E-state index contributed by atoms with van der Waals surface area (Å²) in [5.41, 5.74) is 11.3. The number of hydrogen-bond acceptors (Lipinski definition) is 5. The maximum atomic E-state index is 12.6. The summed E-state index contributed by atoms with van der Waals surface area (Å²) in [4.78, 5) is 17.4. The van der Waals surface area contributed by atoms with Crippen LogP contribution in [-0.4, -0.2) is 10.9 Å². The van der Waals surface area contributed by atoms with Crippen LogP contribution < -0.4 is 11.1 Å². The van der Waals surface area contributed by atoms with Crippen molar-refractivity contribution in [1.29, 1.82) is 0 Å². The van der Waals surface area contributed by atoms with E-state index in [0.717, 1.165) is 26.9 Å². The van der Waals surface area contributed by atoms with E-state index in [0.29, 0.717) is 4.88 Å². The van der Waals surface area contributed by atoms with Crippen molar-refractivity contribution in [3.05, 3.63) is 69.6 Å². The molecular weight excluding hydrogens is 362 g/mol. The number of aryl methyl sites for hydroxylation is 3. The molecule has 0 aliphatic heterocycles. The lowest BCUT2D eigenvalue weighted by molar-refractivity contribution is 0.103. The number of rotatable bonds is 5. The predicted molar refractivity (Wildman–Crippen MR) is 111 cm³/mol. The fraction of sp³-hybridized carbons (Fsp3) is 0.200. The highest BCUT2D eigenvalue weighted by Crippen LogP contribution is 2.32. The molecule has 1 amide bonds. The molecule has 0 saturated carbocycles. The van der Waals surface area contributed by atoms with E-state index in [1.807, 2.05) is 32.0 Å². The maximum absolute atomic E-state index is 12.6. The smallest absolute Gasteiger partial charge is 0.269 e. The highest BCUT2D eigenvalue weighted by Gasteiger charge is 2.18. The molecule has 0 unspecified atom stereocenters. The molecule has 134 valence electrons. The number of thiazole rings is 1. The van der Waals surface area contributed by atoms with E-state index in [9.17, 15) is 4.79 Å². The lowest BCUT2D eigenvalue weighted by Crippen LogP contribution is -2.14. The van der Waals surface area contributed by atoms with Crippen LogP contribution in [0.2, 0.25) is 0 Å². The van der Waals surface area contributed by atoms with Gasteiger partial charge in [0.25, 0.3) is 5.91 Å². The van der Waals surface area contributed by atoms with Gasteiger partial charge < -0.3 is 11.1 Å². The molecule has 1 aromatic heterocycles. The van der Waals surface area contributed by atoms with Gasteiger partial charge in [-0.05, 0) is 37.5 Å². The van der Waals surface area contributed by atoms with Gasteiger partial charge in [0.1, 0.15) is 10.7 Å². The summed E-state index contributed by atoms with van der Waals surface area (Å²) < 4.78 is 0.801. The van der Waals surface area contributed by atoms with Crippen molar-refractivity contribution in [2.45, 2.75) is 30.9 Å².